The quantitative estimate of drug-likeness (QED) is 0.851. The van der Waals surface area contributed by atoms with Gasteiger partial charge in [-0.2, -0.15) is 0 Å². The van der Waals surface area contributed by atoms with Gasteiger partial charge < -0.3 is 19.3 Å². The highest BCUT2D eigenvalue weighted by molar-refractivity contribution is 5.78. The van der Waals surface area contributed by atoms with E-state index in [1.54, 1.807) is 0 Å². The minimum absolute atomic E-state index is 0.0560. The summed E-state index contributed by atoms with van der Waals surface area (Å²) < 4.78 is 7.56. The van der Waals surface area contributed by atoms with Crippen molar-refractivity contribution in [1.29, 1.82) is 0 Å². The highest BCUT2D eigenvalue weighted by Crippen LogP contribution is 2.22. The standard InChI is InChI=1S/C13H17N3O2/c1-15-12-5-3-2-4-11(12)14-13(15)16-6-7-18-10(8-16)9-17/h2-5,10,17H,6-9H2,1H3. The van der Waals surface area contributed by atoms with E-state index in [2.05, 4.69) is 20.5 Å². The topological polar surface area (TPSA) is 50.5 Å². The van der Waals surface area contributed by atoms with Crippen LogP contribution in [0.2, 0.25) is 0 Å². The molecule has 1 fully saturated rings. The molecule has 1 aliphatic rings. The molecule has 1 unspecified atom stereocenters. The van der Waals surface area contributed by atoms with E-state index in [0.29, 0.717) is 13.2 Å². The molecule has 0 saturated carbocycles. The molecule has 1 atom stereocenters. The summed E-state index contributed by atoms with van der Waals surface area (Å²) in [7, 11) is 2.02. The Morgan fingerprint density at radius 2 is 2.28 bits per heavy atom. The highest BCUT2D eigenvalue weighted by Gasteiger charge is 2.23. The average Bonchev–Trinajstić information content (AvgIpc) is 2.77. The Labute approximate surface area is 106 Å². The van der Waals surface area contributed by atoms with Crippen LogP contribution in [-0.4, -0.2) is 47.1 Å². The lowest BCUT2D eigenvalue weighted by Crippen LogP contribution is -2.45. The summed E-state index contributed by atoms with van der Waals surface area (Å²) in [4.78, 5) is 6.83. The van der Waals surface area contributed by atoms with Crippen LogP contribution in [0, 0.1) is 0 Å². The Bertz CT molecular complexity index is 552. The first-order valence-electron chi connectivity index (χ1n) is 6.18. The number of benzene rings is 1. The number of aliphatic hydroxyl groups excluding tert-OH is 1. The Morgan fingerprint density at radius 3 is 3.06 bits per heavy atom. The second-order valence-electron chi connectivity index (χ2n) is 4.58. The van der Waals surface area contributed by atoms with E-state index >= 15 is 0 Å². The van der Waals surface area contributed by atoms with Gasteiger partial charge in [0, 0.05) is 20.1 Å². The second kappa shape index (κ2) is 4.59. The largest absolute Gasteiger partial charge is 0.394 e. The van der Waals surface area contributed by atoms with Crippen LogP contribution < -0.4 is 4.90 Å². The lowest BCUT2D eigenvalue weighted by atomic mass is 10.3. The minimum Gasteiger partial charge on any atom is -0.394 e. The molecule has 1 aliphatic heterocycles. The summed E-state index contributed by atoms with van der Waals surface area (Å²) in [6.07, 6.45) is -0.112. The Morgan fingerprint density at radius 1 is 1.44 bits per heavy atom. The predicted octanol–water partition coefficient (Wildman–Crippen LogP) is 0.771. The number of anilines is 1. The average molecular weight is 247 g/mol. The summed E-state index contributed by atoms with van der Waals surface area (Å²) in [6.45, 7) is 2.19. The van der Waals surface area contributed by atoms with Crippen molar-refractivity contribution < 1.29 is 9.84 Å². The molecule has 1 aromatic carbocycles. The SMILES string of the molecule is Cn1c(N2CCOC(CO)C2)nc2ccccc21. The number of imidazole rings is 1. The number of hydrogen-bond acceptors (Lipinski definition) is 4. The monoisotopic (exact) mass is 247 g/mol. The Kier molecular flexibility index (Phi) is 2.93. The molecule has 2 heterocycles. The number of hydrogen-bond donors (Lipinski definition) is 1. The number of morpholine rings is 1. The van der Waals surface area contributed by atoms with Gasteiger partial charge in [-0.1, -0.05) is 12.1 Å². The van der Waals surface area contributed by atoms with Gasteiger partial charge in [0.1, 0.15) is 0 Å². The van der Waals surface area contributed by atoms with Gasteiger partial charge in [0.15, 0.2) is 0 Å². The fourth-order valence-electron chi connectivity index (χ4n) is 2.43. The van der Waals surface area contributed by atoms with Crippen molar-refractivity contribution >= 4 is 17.0 Å². The first-order chi connectivity index (χ1) is 8.79. The Balaban J connectivity index is 1.96. The first-order valence-corrected chi connectivity index (χ1v) is 6.18. The molecule has 5 heteroatoms. The van der Waals surface area contributed by atoms with Crippen LogP contribution in [0.5, 0.6) is 0 Å². The molecule has 1 saturated heterocycles. The van der Waals surface area contributed by atoms with E-state index < -0.39 is 0 Å². The maximum absolute atomic E-state index is 9.19. The Hall–Kier alpha value is -1.59. The van der Waals surface area contributed by atoms with Crippen molar-refractivity contribution in [3.63, 3.8) is 0 Å². The number of para-hydroxylation sites is 2. The van der Waals surface area contributed by atoms with Gasteiger partial charge in [-0.3, -0.25) is 0 Å². The van der Waals surface area contributed by atoms with Crippen molar-refractivity contribution in [2.75, 3.05) is 31.2 Å². The lowest BCUT2D eigenvalue weighted by molar-refractivity contribution is 0.00304. The molecular formula is C13H17N3O2. The molecule has 0 radical (unpaired) electrons. The van der Waals surface area contributed by atoms with E-state index in [0.717, 1.165) is 23.5 Å². The molecule has 5 nitrogen and oxygen atoms in total. The van der Waals surface area contributed by atoms with E-state index in [9.17, 15) is 5.11 Å². The van der Waals surface area contributed by atoms with Crippen molar-refractivity contribution in [3.05, 3.63) is 24.3 Å². The molecule has 0 bridgehead atoms. The van der Waals surface area contributed by atoms with Crippen LogP contribution in [-0.2, 0) is 11.8 Å². The summed E-state index contributed by atoms with van der Waals surface area (Å²) in [5.74, 6) is 0.943. The van der Waals surface area contributed by atoms with Gasteiger partial charge in [-0.05, 0) is 12.1 Å². The van der Waals surface area contributed by atoms with Crippen molar-refractivity contribution in [3.8, 4) is 0 Å². The van der Waals surface area contributed by atoms with Crippen LogP contribution in [0.3, 0.4) is 0 Å². The van der Waals surface area contributed by atoms with Crippen LogP contribution in [0.1, 0.15) is 0 Å². The third kappa shape index (κ3) is 1.85. The number of ether oxygens (including phenoxy) is 1. The third-order valence-electron chi connectivity index (χ3n) is 3.39. The van der Waals surface area contributed by atoms with Crippen molar-refractivity contribution in [1.82, 2.24) is 9.55 Å². The molecule has 2 aromatic rings. The molecule has 0 aliphatic carbocycles. The van der Waals surface area contributed by atoms with Crippen molar-refractivity contribution in [2.24, 2.45) is 7.05 Å². The number of aromatic nitrogens is 2. The molecule has 3 rings (SSSR count). The van der Waals surface area contributed by atoms with Gasteiger partial charge in [-0.25, -0.2) is 4.98 Å². The number of aliphatic hydroxyl groups is 1. The van der Waals surface area contributed by atoms with Gasteiger partial charge in [0.25, 0.3) is 0 Å². The number of nitrogens with zero attached hydrogens (tertiary/aromatic N) is 3. The van der Waals surface area contributed by atoms with Crippen LogP contribution >= 0.6 is 0 Å². The summed E-state index contributed by atoms with van der Waals surface area (Å²) in [6, 6.07) is 8.09. The summed E-state index contributed by atoms with van der Waals surface area (Å²) in [5.41, 5.74) is 2.13. The van der Waals surface area contributed by atoms with Crippen LogP contribution in [0.25, 0.3) is 11.0 Å². The number of fused-ring (bicyclic) bond motifs is 1. The smallest absolute Gasteiger partial charge is 0.206 e. The molecule has 0 amide bonds. The molecule has 0 spiro atoms. The normalized spacial score (nSPS) is 20.6. The van der Waals surface area contributed by atoms with Crippen LogP contribution in [0.4, 0.5) is 5.95 Å². The van der Waals surface area contributed by atoms with Gasteiger partial charge >= 0.3 is 0 Å². The molecule has 1 N–H and O–H groups in total. The van der Waals surface area contributed by atoms with E-state index in [4.69, 9.17) is 4.74 Å². The fourth-order valence-corrected chi connectivity index (χ4v) is 2.43. The molecule has 18 heavy (non-hydrogen) atoms. The maximum atomic E-state index is 9.19. The summed E-state index contributed by atoms with van der Waals surface area (Å²) >= 11 is 0. The van der Waals surface area contributed by atoms with E-state index in [-0.39, 0.29) is 12.7 Å². The zero-order valence-corrected chi connectivity index (χ0v) is 10.4. The van der Waals surface area contributed by atoms with Gasteiger partial charge in [0.05, 0.1) is 30.4 Å². The molecule has 1 aromatic heterocycles. The van der Waals surface area contributed by atoms with Gasteiger partial charge in [0.2, 0.25) is 5.95 Å². The van der Waals surface area contributed by atoms with Crippen LogP contribution in [0.15, 0.2) is 24.3 Å². The fraction of sp³-hybridized carbons (Fsp3) is 0.462. The maximum Gasteiger partial charge on any atom is 0.206 e. The number of aryl methyl sites for hydroxylation is 1. The molecule has 96 valence electrons. The first kappa shape index (κ1) is 11.5. The summed E-state index contributed by atoms with van der Waals surface area (Å²) in [5, 5.41) is 9.19. The second-order valence-corrected chi connectivity index (χ2v) is 4.58. The zero-order chi connectivity index (χ0) is 12.5. The van der Waals surface area contributed by atoms with E-state index in [1.165, 1.54) is 0 Å². The van der Waals surface area contributed by atoms with Gasteiger partial charge in [-0.15, -0.1) is 0 Å². The predicted molar refractivity (Wildman–Crippen MR) is 69.8 cm³/mol. The van der Waals surface area contributed by atoms with E-state index in [1.807, 2.05) is 25.2 Å². The number of rotatable bonds is 2. The minimum atomic E-state index is -0.112. The molecular weight excluding hydrogens is 230 g/mol. The van der Waals surface area contributed by atoms with Crippen molar-refractivity contribution in [2.45, 2.75) is 6.10 Å². The highest BCUT2D eigenvalue weighted by atomic mass is 16.5. The third-order valence-corrected chi connectivity index (χ3v) is 3.39. The lowest BCUT2D eigenvalue weighted by Gasteiger charge is -2.32. The zero-order valence-electron chi connectivity index (χ0n) is 10.4.